The Hall–Kier alpha value is -1.35. The van der Waals surface area contributed by atoms with Crippen LogP contribution in [-0.4, -0.2) is 9.55 Å². The molecule has 0 aliphatic rings. The Balaban J connectivity index is 2.49. The van der Waals surface area contributed by atoms with Gasteiger partial charge in [0.05, 0.1) is 23.6 Å². The van der Waals surface area contributed by atoms with Crippen LogP contribution in [0.2, 0.25) is 0 Å². The van der Waals surface area contributed by atoms with Crippen LogP contribution in [0.1, 0.15) is 11.3 Å². The van der Waals surface area contributed by atoms with Crippen LogP contribution in [0.15, 0.2) is 30.7 Å². The van der Waals surface area contributed by atoms with Gasteiger partial charge in [-0.1, -0.05) is 6.07 Å². The van der Waals surface area contributed by atoms with E-state index in [0.29, 0.717) is 11.4 Å². The molecule has 4 heteroatoms. The molecule has 0 atom stereocenters. The molecule has 0 saturated carbocycles. The van der Waals surface area contributed by atoms with Gasteiger partial charge in [0.25, 0.3) is 0 Å². The van der Waals surface area contributed by atoms with E-state index < -0.39 is 0 Å². The van der Waals surface area contributed by atoms with Crippen molar-refractivity contribution in [2.75, 3.05) is 0 Å². The van der Waals surface area contributed by atoms with Crippen molar-refractivity contribution < 1.29 is 4.39 Å². The van der Waals surface area contributed by atoms with Gasteiger partial charge in [-0.25, -0.2) is 9.37 Å². The van der Waals surface area contributed by atoms with Crippen molar-refractivity contribution in [3.8, 4) is 5.69 Å². The predicted octanol–water partition coefficient (Wildman–Crippen LogP) is 3.06. The summed E-state index contributed by atoms with van der Waals surface area (Å²) in [5, 5.41) is 0. The Labute approximate surface area is 92.3 Å². The fourth-order valence-electron chi connectivity index (χ4n) is 1.44. The van der Waals surface area contributed by atoms with E-state index in [-0.39, 0.29) is 5.82 Å². The Kier molecular flexibility index (Phi) is 2.73. The first-order valence-electron chi connectivity index (χ1n) is 4.56. The minimum atomic E-state index is -0.214. The zero-order valence-corrected chi connectivity index (χ0v) is 9.00. The van der Waals surface area contributed by atoms with Crippen LogP contribution in [0.3, 0.4) is 0 Å². The lowest BCUT2D eigenvalue weighted by atomic mass is 10.2. The molecular weight excluding hydrogens is 215 g/mol. The first-order chi connectivity index (χ1) is 7.22. The third-order valence-corrected chi connectivity index (χ3v) is 2.56. The molecule has 0 radical (unpaired) electrons. The molecule has 0 N–H and O–H groups in total. The van der Waals surface area contributed by atoms with Gasteiger partial charge in [0, 0.05) is 11.8 Å². The largest absolute Gasteiger partial charge is 0.306 e. The van der Waals surface area contributed by atoms with Gasteiger partial charge in [0.1, 0.15) is 5.82 Å². The summed E-state index contributed by atoms with van der Waals surface area (Å²) >= 11 is 5.65. The molecule has 1 heterocycles. The summed E-state index contributed by atoms with van der Waals surface area (Å²) < 4.78 is 15.1. The van der Waals surface area contributed by atoms with Crippen LogP contribution in [0.25, 0.3) is 5.69 Å². The predicted molar refractivity (Wildman–Crippen MR) is 57.8 cm³/mol. The molecule has 0 saturated heterocycles. The average molecular weight is 225 g/mol. The maximum atomic E-state index is 13.3. The molecule has 2 nitrogen and oxygen atoms in total. The van der Waals surface area contributed by atoms with Gasteiger partial charge < -0.3 is 4.57 Å². The van der Waals surface area contributed by atoms with Crippen LogP contribution in [0.5, 0.6) is 0 Å². The first-order valence-corrected chi connectivity index (χ1v) is 5.10. The molecule has 15 heavy (non-hydrogen) atoms. The van der Waals surface area contributed by atoms with Crippen LogP contribution in [0, 0.1) is 12.7 Å². The van der Waals surface area contributed by atoms with Crippen molar-refractivity contribution in [2.45, 2.75) is 12.8 Å². The van der Waals surface area contributed by atoms with E-state index >= 15 is 0 Å². The number of hydrogen-bond acceptors (Lipinski definition) is 1. The second kappa shape index (κ2) is 4.03. The highest BCUT2D eigenvalue weighted by Crippen LogP contribution is 2.17. The second-order valence-corrected chi connectivity index (χ2v) is 3.56. The molecule has 78 valence electrons. The van der Waals surface area contributed by atoms with Crippen LogP contribution in [-0.2, 0) is 5.88 Å². The highest BCUT2D eigenvalue weighted by molar-refractivity contribution is 6.16. The van der Waals surface area contributed by atoms with Crippen molar-refractivity contribution in [3.63, 3.8) is 0 Å². The third-order valence-electron chi connectivity index (χ3n) is 2.29. The molecule has 1 aromatic heterocycles. The average Bonchev–Trinajstić information content (AvgIpc) is 2.70. The van der Waals surface area contributed by atoms with E-state index in [4.69, 9.17) is 11.6 Å². The molecule has 2 aromatic rings. The normalized spacial score (nSPS) is 10.6. The van der Waals surface area contributed by atoms with Crippen LogP contribution >= 0.6 is 11.6 Å². The van der Waals surface area contributed by atoms with Gasteiger partial charge >= 0.3 is 0 Å². The van der Waals surface area contributed by atoms with Gasteiger partial charge in [-0.3, -0.25) is 0 Å². The number of imidazole rings is 1. The maximum Gasteiger partial charge on any atom is 0.128 e. The van der Waals surface area contributed by atoms with Crippen molar-refractivity contribution in [2.24, 2.45) is 0 Å². The number of hydrogen-bond donors (Lipinski definition) is 0. The Bertz CT molecular complexity index is 479. The number of halogens is 2. The second-order valence-electron chi connectivity index (χ2n) is 3.29. The summed E-state index contributed by atoms with van der Waals surface area (Å²) in [6, 6.07) is 4.97. The summed E-state index contributed by atoms with van der Waals surface area (Å²) in [7, 11) is 0. The summed E-state index contributed by atoms with van der Waals surface area (Å²) in [6.07, 6.45) is 3.44. The molecule has 0 spiro atoms. The standard InChI is InChI=1S/C11H10ClFN2/c1-8-10(13)3-2-4-11(8)15-6-9(5-12)14-7-15/h2-4,6-7H,5H2,1H3. The zero-order chi connectivity index (χ0) is 10.8. The Morgan fingerprint density at radius 3 is 2.93 bits per heavy atom. The lowest BCUT2D eigenvalue weighted by Gasteiger charge is -2.06. The SMILES string of the molecule is Cc1c(F)cccc1-n1cnc(CCl)c1. The first kappa shape index (κ1) is 10.2. The molecule has 0 unspecified atom stereocenters. The fourth-order valence-corrected chi connectivity index (χ4v) is 1.58. The maximum absolute atomic E-state index is 13.3. The van der Waals surface area contributed by atoms with E-state index in [1.807, 2.05) is 6.07 Å². The molecule has 2 rings (SSSR count). The Morgan fingerprint density at radius 2 is 2.27 bits per heavy atom. The lowest BCUT2D eigenvalue weighted by Crippen LogP contribution is -1.95. The zero-order valence-electron chi connectivity index (χ0n) is 8.24. The van der Waals surface area contributed by atoms with E-state index in [0.717, 1.165) is 11.4 Å². The van der Waals surface area contributed by atoms with Crippen molar-refractivity contribution in [1.82, 2.24) is 9.55 Å². The van der Waals surface area contributed by atoms with Gasteiger partial charge in [-0.15, -0.1) is 11.6 Å². The molecule has 1 aromatic carbocycles. The number of benzene rings is 1. The van der Waals surface area contributed by atoms with Gasteiger partial charge in [0.2, 0.25) is 0 Å². The fraction of sp³-hybridized carbons (Fsp3) is 0.182. The van der Waals surface area contributed by atoms with Crippen molar-refractivity contribution in [3.05, 3.63) is 47.8 Å². The number of nitrogens with zero attached hydrogens (tertiary/aromatic N) is 2. The van der Waals surface area contributed by atoms with Crippen LogP contribution in [0.4, 0.5) is 4.39 Å². The lowest BCUT2D eigenvalue weighted by molar-refractivity contribution is 0.617. The van der Waals surface area contributed by atoms with Gasteiger partial charge in [-0.2, -0.15) is 0 Å². The van der Waals surface area contributed by atoms with Crippen molar-refractivity contribution in [1.29, 1.82) is 0 Å². The highest BCUT2D eigenvalue weighted by atomic mass is 35.5. The smallest absolute Gasteiger partial charge is 0.128 e. The minimum Gasteiger partial charge on any atom is -0.306 e. The summed E-state index contributed by atoms with van der Waals surface area (Å²) in [5.41, 5.74) is 2.18. The van der Waals surface area contributed by atoms with E-state index in [2.05, 4.69) is 4.98 Å². The molecule has 0 bridgehead atoms. The van der Waals surface area contributed by atoms with Crippen LogP contribution < -0.4 is 0 Å². The quantitative estimate of drug-likeness (QED) is 0.717. The van der Waals surface area contributed by atoms with E-state index in [9.17, 15) is 4.39 Å². The topological polar surface area (TPSA) is 17.8 Å². The molecule has 0 aliphatic carbocycles. The molecule has 0 fully saturated rings. The summed E-state index contributed by atoms with van der Waals surface area (Å²) in [4.78, 5) is 4.09. The van der Waals surface area contributed by atoms with E-state index in [1.165, 1.54) is 6.07 Å². The monoisotopic (exact) mass is 224 g/mol. The molecule has 0 amide bonds. The molecular formula is C11H10ClFN2. The number of alkyl halides is 1. The summed E-state index contributed by atoms with van der Waals surface area (Å²) in [6.45, 7) is 1.74. The molecule has 0 aliphatic heterocycles. The van der Waals surface area contributed by atoms with Gasteiger partial charge in [-0.05, 0) is 19.1 Å². The van der Waals surface area contributed by atoms with E-state index in [1.54, 1.807) is 30.1 Å². The third kappa shape index (κ3) is 1.88. The highest BCUT2D eigenvalue weighted by Gasteiger charge is 2.05. The number of rotatable bonds is 2. The minimum absolute atomic E-state index is 0.214. The Morgan fingerprint density at radius 1 is 1.47 bits per heavy atom. The van der Waals surface area contributed by atoms with Gasteiger partial charge in [0.15, 0.2) is 0 Å². The number of aromatic nitrogens is 2. The van der Waals surface area contributed by atoms with Crippen molar-refractivity contribution >= 4 is 11.6 Å². The summed E-state index contributed by atoms with van der Waals surface area (Å²) in [5.74, 6) is 0.148.